The molecule has 0 unspecified atom stereocenters. The molecule has 0 aromatic rings. The third-order valence-corrected chi connectivity index (χ3v) is 6.56. The second-order valence-corrected chi connectivity index (χ2v) is 8.21. The van der Waals surface area contributed by atoms with Crippen molar-refractivity contribution in [1.29, 1.82) is 0 Å². The Morgan fingerprint density at radius 2 is 1.33 bits per heavy atom. The van der Waals surface area contributed by atoms with Gasteiger partial charge in [0.1, 0.15) is 0 Å². The molecule has 0 heterocycles. The van der Waals surface area contributed by atoms with Gasteiger partial charge in [0, 0.05) is 0 Å². The average Bonchev–Trinajstić information content (AvgIpc) is 2.54. The van der Waals surface area contributed by atoms with E-state index in [2.05, 4.69) is 13.8 Å². The first kappa shape index (κ1) is 17.4. The Bertz CT molecular complexity index is 249. The van der Waals surface area contributed by atoms with Gasteiger partial charge in [0.25, 0.3) is 0 Å². The van der Waals surface area contributed by atoms with Gasteiger partial charge in [-0.05, 0) is 42.9 Å². The van der Waals surface area contributed by atoms with Crippen LogP contribution in [0.25, 0.3) is 0 Å². The average molecular weight is 293 g/mol. The maximum absolute atomic E-state index is 2.34. The van der Waals surface area contributed by atoms with Crippen molar-refractivity contribution in [2.45, 2.75) is 110 Å². The van der Waals surface area contributed by atoms with E-state index in [1.165, 1.54) is 51.4 Å². The summed E-state index contributed by atoms with van der Waals surface area (Å²) in [6.45, 7) is 4.67. The summed E-state index contributed by atoms with van der Waals surface area (Å²) in [7, 11) is 0. The molecule has 0 heteroatoms. The van der Waals surface area contributed by atoms with Crippen molar-refractivity contribution >= 4 is 0 Å². The minimum Gasteiger partial charge on any atom is -0.0654 e. The van der Waals surface area contributed by atoms with E-state index < -0.39 is 0 Å². The highest BCUT2D eigenvalue weighted by atomic mass is 14.4. The summed E-state index contributed by atoms with van der Waals surface area (Å²) in [4.78, 5) is 0. The van der Waals surface area contributed by atoms with E-state index in [9.17, 15) is 0 Å². The summed E-state index contributed by atoms with van der Waals surface area (Å²) in [5.41, 5.74) is 0. The fraction of sp³-hybridized carbons (Fsp3) is 1.00. The zero-order valence-corrected chi connectivity index (χ0v) is 14.9. The van der Waals surface area contributed by atoms with Crippen molar-refractivity contribution in [1.82, 2.24) is 0 Å². The van der Waals surface area contributed by atoms with Crippen LogP contribution in [0, 0.1) is 23.7 Å². The summed E-state index contributed by atoms with van der Waals surface area (Å²) in [5.74, 6) is 4.40. The molecule has 124 valence electrons. The quantitative estimate of drug-likeness (QED) is 0.410. The SMILES string of the molecule is CCCCC[C@@H]1CCC[C@@H](C2CCC(CCCC)CC2)C1. The van der Waals surface area contributed by atoms with Crippen LogP contribution in [0.2, 0.25) is 0 Å². The van der Waals surface area contributed by atoms with E-state index in [-0.39, 0.29) is 0 Å². The van der Waals surface area contributed by atoms with Crippen LogP contribution >= 0.6 is 0 Å². The summed E-state index contributed by atoms with van der Waals surface area (Å²) in [5, 5.41) is 0. The molecule has 2 aliphatic rings. The topological polar surface area (TPSA) is 0 Å². The molecule has 0 aromatic carbocycles. The van der Waals surface area contributed by atoms with Crippen LogP contribution in [-0.2, 0) is 0 Å². The molecule has 0 aromatic heterocycles. The number of hydrogen-bond donors (Lipinski definition) is 0. The third kappa shape index (κ3) is 5.95. The lowest BCUT2D eigenvalue weighted by Gasteiger charge is -2.38. The van der Waals surface area contributed by atoms with Gasteiger partial charge < -0.3 is 0 Å². The van der Waals surface area contributed by atoms with Gasteiger partial charge in [-0.25, -0.2) is 0 Å². The van der Waals surface area contributed by atoms with Crippen LogP contribution in [0.5, 0.6) is 0 Å². The molecule has 0 aliphatic heterocycles. The van der Waals surface area contributed by atoms with Crippen molar-refractivity contribution in [3.63, 3.8) is 0 Å². The highest BCUT2D eigenvalue weighted by Gasteiger charge is 2.31. The minimum atomic E-state index is 1.09. The maximum atomic E-state index is 2.34. The lowest BCUT2D eigenvalue weighted by Crippen LogP contribution is -2.26. The minimum absolute atomic E-state index is 1.09. The molecule has 21 heavy (non-hydrogen) atoms. The molecule has 0 bridgehead atoms. The summed E-state index contributed by atoms with van der Waals surface area (Å²) in [6.07, 6.45) is 22.8. The van der Waals surface area contributed by atoms with Gasteiger partial charge >= 0.3 is 0 Å². The predicted octanol–water partition coefficient (Wildman–Crippen LogP) is 7.37. The number of hydrogen-bond acceptors (Lipinski definition) is 0. The molecular formula is C21H40. The van der Waals surface area contributed by atoms with Gasteiger partial charge in [0.15, 0.2) is 0 Å². The van der Waals surface area contributed by atoms with Gasteiger partial charge in [-0.3, -0.25) is 0 Å². The first-order valence-corrected chi connectivity index (χ1v) is 10.3. The monoisotopic (exact) mass is 292 g/mol. The molecular weight excluding hydrogens is 252 g/mol. The highest BCUT2D eigenvalue weighted by Crippen LogP contribution is 2.43. The molecule has 2 atom stereocenters. The van der Waals surface area contributed by atoms with Crippen LogP contribution in [0.3, 0.4) is 0 Å². The molecule has 0 saturated heterocycles. The lowest BCUT2D eigenvalue weighted by molar-refractivity contribution is 0.132. The highest BCUT2D eigenvalue weighted by molar-refractivity contribution is 4.82. The molecule has 2 saturated carbocycles. The van der Waals surface area contributed by atoms with Crippen LogP contribution in [-0.4, -0.2) is 0 Å². The molecule has 0 N–H and O–H groups in total. The second kappa shape index (κ2) is 9.90. The fourth-order valence-electron chi connectivity index (χ4n) is 5.15. The van der Waals surface area contributed by atoms with Crippen LogP contribution in [0.4, 0.5) is 0 Å². The van der Waals surface area contributed by atoms with E-state index in [4.69, 9.17) is 0 Å². The Morgan fingerprint density at radius 1 is 0.619 bits per heavy atom. The van der Waals surface area contributed by atoms with Gasteiger partial charge in [0.2, 0.25) is 0 Å². The summed E-state index contributed by atoms with van der Waals surface area (Å²) in [6, 6.07) is 0. The van der Waals surface area contributed by atoms with Crippen LogP contribution < -0.4 is 0 Å². The Hall–Kier alpha value is 0. The van der Waals surface area contributed by atoms with Gasteiger partial charge in [-0.15, -0.1) is 0 Å². The first-order chi connectivity index (χ1) is 10.3. The first-order valence-electron chi connectivity index (χ1n) is 10.3. The molecule has 0 amide bonds. The zero-order chi connectivity index (χ0) is 14.9. The van der Waals surface area contributed by atoms with Gasteiger partial charge in [-0.2, -0.15) is 0 Å². The second-order valence-electron chi connectivity index (χ2n) is 8.21. The number of unbranched alkanes of at least 4 members (excludes halogenated alkanes) is 3. The molecule has 2 aliphatic carbocycles. The maximum Gasteiger partial charge on any atom is -0.0383 e. The molecule has 0 spiro atoms. The van der Waals surface area contributed by atoms with Crippen molar-refractivity contribution in [2.75, 3.05) is 0 Å². The van der Waals surface area contributed by atoms with E-state index in [0.29, 0.717) is 0 Å². The Labute approximate surface area is 134 Å². The van der Waals surface area contributed by atoms with E-state index in [1.807, 2.05) is 0 Å². The molecule has 0 radical (unpaired) electrons. The smallest absolute Gasteiger partial charge is 0.0383 e. The van der Waals surface area contributed by atoms with E-state index >= 15 is 0 Å². The van der Waals surface area contributed by atoms with E-state index in [1.54, 1.807) is 44.9 Å². The summed E-state index contributed by atoms with van der Waals surface area (Å²) < 4.78 is 0. The van der Waals surface area contributed by atoms with Crippen molar-refractivity contribution < 1.29 is 0 Å². The number of rotatable bonds is 8. The van der Waals surface area contributed by atoms with E-state index in [0.717, 1.165) is 23.7 Å². The third-order valence-electron chi connectivity index (χ3n) is 6.56. The van der Waals surface area contributed by atoms with Gasteiger partial charge in [-0.1, -0.05) is 90.9 Å². The lowest BCUT2D eigenvalue weighted by atomic mass is 9.67. The van der Waals surface area contributed by atoms with Crippen LogP contribution in [0.1, 0.15) is 110 Å². The van der Waals surface area contributed by atoms with Crippen molar-refractivity contribution in [2.24, 2.45) is 23.7 Å². The normalized spacial score (nSPS) is 34.0. The van der Waals surface area contributed by atoms with Crippen molar-refractivity contribution in [3.05, 3.63) is 0 Å². The predicted molar refractivity (Wildman–Crippen MR) is 94.6 cm³/mol. The fourth-order valence-corrected chi connectivity index (χ4v) is 5.15. The molecule has 2 rings (SSSR count). The zero-order valence-electron chi connectivity index (χ0n) is 14.9. The largest absolute Gasteiger partial charge is 0.0654 e. The molecule has 0 nitrogen and oxygen atoms in total. The van der Waals surface area contributed by atoms with Gasteiger partial charge in [0.05, 0.1) is 0 Å². The standard InChI is InChI=1S/C21H40/c1-3-5-7-10-19-11-8-12-21(17-19)20-15-13-18(14-16-20)9-6-4-2/h18-21H,3-17H2,1-2H3/t18?,19-,20?,21-/m1/s1. The van der Waals surface area contributed by atoms with Crippen LogP contribution in [0.15, 0.2) is 0 Å². The Balaban J connectivity index is 1.67. The Kier molecular flexibility index (Phi) is 8.19. The summed E-state index contributed by atoms with van der Waals surface area (Å²) >= 11 is 0. The Morgan fingerprint density at radius 3 is 2.05 bits per heavy atom. The molecule has 2 fully saturated rings. The van der Waals surface area contributed by atoms with Crippen molar-refractivity contribution in [3.8, 4) is 0 Å².